The number of carbonyl (C=O) groups is 2. The van der Waals surface area contributed by atoms with Crippen LogP contribution in [0.4, 0.5) is 9.80 Å². The second-order valence-electron chi connectivity index (χ2n) is 3.50. The van der Waals surface area contributed by atoms with Crippen molar-refractivity contribution >= 4 is 28.3 Å². The zero-order chi connectivity index (χ0) is 13.0. The molecule has 0 aliphatic heterocycles. The third-order valence-corrected chi connectivity index (χ3v) is 3.07. The summed E-state index contributed by atoms with van der Waals surface area (Å²) in [6, 6.07) is 2.87. The summed E-state index contributed by atoms with van der Waals surface area (Å²) >= 11 is 1.17. The summed E-state index contributed by atoms with van der Waals surface area (Å²) < 4.78 is 0. The van der Waals surface area contributed by atoms with Gasteiger partial charge >= 0.3 is 12.0 Å². The Bertz CT molecular complexity index is 548. The number of aromatic amines is 1. The molecule has 0 atom stereocenters. The van der Waals surface area contributed by atoms with E-state index >= 15 is 0 Å². The van der Waals surface area contributed by atoms with Gasteiger partial charge in [0.05, 0.1) is 5.56 Å². The summed E-state index contributed by atoms with van der Waals surface area (Å²) in [5.41, 5.74) is 1.03. The normalized spacial score (nSPS) is 10.0. The Balaban J connectivity index is 1.91. The van der Waals surface area contributed by atoms with E-state index in [1.165, 1.54) is 17.4 Å². The molecular formula is C11H11N3O3S. The van der Waals surface area contributed by atoms with Crippen LogP contribution in [-0.2, 0) is 6.54 Å². The van der Waals surface area contributed by atoms with Crippen molar-refractivity contribution in [3.8, 4) is 0 Å². The first-order valence-corrected chi connectivity index (χ1v) is 6.02. The highest BCUT2D eigenvalue weighted by Crippen LogP contribution is 2.22. The average Bonchev–Trinajstić information content (AvgIpc) is 2.96. The number of rotatable bonds is 4. The van der Waals surface area contributed by atoms with Gasteiger partial charge in [-0.2, -0.15) is 0 Å². The minimum atomic E-state index is -1.06. The molecule has 0 bridgehead atoms. The third-order valence-electron chi connectivity index (χ3n) is 2.24. The third kappa shape index (κ3) is 2.89. The summed E-state index contributed by atoms with van der Waals surface area (Å²) in [5.74, 6) is -1.06. The highest BCUT2D eigenvalue weighted by atomic mass is 32.1. The Morgan fingerprint density at radius 1 is 1.39 bits per heavy atom. The van der Waals surface area contributed by atoms with Crippen LogP contribution in [0, 0.1) is 0 Å². The fourth-order valence-corrected chi connectivity index (χ4v) is 2.15. The van der Waals surface area contributed by atoms with Crippen molar-refractivity contribution in [2.75, 3.05) is 5.32 Å². The maximum Gasteiger partial charge on any atom is 0.338 e. The zero-order valence-corrected chi connectivity index (χ0v) is 10.1. The molecular weight excluding hydrogens is 254 g/mol. The van der Waals surface area contributed by atoms with E-state index in [0.29, 0.717) is 11.5 Å². The first-order valence-electron chi connectivity index (χ1n) is 5.14. The van der Waals surface area contributed by atoms with Gasteiger partial charge in [-0.1, -0.05) is 0 Å². The zero-order valence-electron chi connectivity index (χ0n) is 9.27. The Hall–Kier alpha value is -2.28. The van der Waals surface area contributed by atoms with E-state index in [9.17, 15) is 9.59 Å². The van der Waals surface area contributed by atoms with Crippen molar-refractivity contribution in [1.29, 1.82) is 0 Å². The first kappa shape index (κ1) is 12.2. The van der Waals surface area contributed by atoms with Gasteiger partial charge in [0.15, 0.2) is 0 Å². The molecule has 4 N–H and O–H groups in total. The van der Waals surface area contributed by atoms with Gasteiger partial charge in [-0.05, 0) is 23.1 Å². The molecule has 0 aliphatic carbocycles. The fraction of sp³-hybridized carbons (Fsp3) is 0.0909. The summed E-state index contributed by atoms with van der Waals surface area (Å²) in [6.45, 7) is 0.378. The molecule has 0 aromatic carbocycles. The summed E-state index contributed by atoms with van der Waals surface area (Å²) in [4.78, 5) is 25.3. The molecule has 0 spiro atoms. The van der Waals surface area contributed by atoms with Crippen LogP contribution in [0.2, 0.25) is 0 Å². The van der Waals surface area contributed by atoms with Crippen LogP contribution < -0.4 is 10.6 Å². The van der Waals surface area contributed by atoms with Crippen LogP contribution in [-0.4, -0.2) is 22.1 Å². The molecule has 7 heteroatoms. The largest absolute Gasteiger partial charge is 0.478 e. The maximum atomic E-state index is 11.6. The number of nitrogens with one attached hydrogen (secondary N) is 3. The molecule has 2 rings (SSSR count). The minimum Gasteiger partial charge on any atom is -0.478 e. The Morgan fingerprint density at radius 2 is 2.22 bits per heavy atom. The highest BCUT2D eigenvalue weighted by Gasteiger charge is 2.13. The van der Waals surface area contributed by atoms with Crippen molar-refractivity contribution in [2.45, 2.75) is 6.54 Å². The lowest BCUT2D eigenvalue weighted by Crippen LogP contribution is -2.28. The van der Waals surface area contributed by atoms with E-state index in [4.69, 9.17) is 5.11 Å². The molecule has 2 amide bonds. The van der Waals surface area contributed by atoms with Gasteiger partial charge in [-0.3, -0.25) is 5.32 Å². The van der Waals surface area contributed by atoms with E-state index in [-0.39, 0.29) is 5.56 Å². The van der Waals surface area contributed by atoms with Gasteiger partial charge in [-0.15, -0.1) is 11.3 Å². The number of urea groups is 1. The van der Waals surface area contributed by atoms with Gasteiger partial charge in [0.2, 0.25) is 0 Å². The van der Waals surface area contributed by atoms with Crippen LogP contribution >= 0.6 is 11.3 Å². The van der Waals surface area contributed by atoms with Crippen LogP contribution in [0.5, 0.6) is 0 Å². The summed E-state index contributed by atoms with van der Waals surface area (Å²) in [7, 11) is 0. The molecule has 6 nitrogen and oxygen atoms in total. The average molecular weight is 265 g/mol. The van der Waals surface area contributed by atoms with Crippen molar-refractivity contribution in [3.63, 3.8) is 0 Å². The molecule has 0 radical (unpaired) electrons. The number of carboxylic acid groups (broad SMARTS) is 1. The molecule has 94 valence electrons. The van der Waals surface area contributed by atoms with Crippen LogP contribution in [0.1, 0.15) is 15.9 Å². The van der Waals surface area contributed by atoms with Gasteiger partial charge in [0, 0.05) is 18.9 Å². The predicted octanol–water partition coefficient (Wildman–Crippen LogP) is 2.10. The quantitative estimate of drug-likeness (QED) is 0.681. The monoisotopic (exact) mass is 265 g/mol. The van der Waals surface area contributed by atoms with Crippen LogP contribution in [0.25, 0.3) is 0 Å². The number of amides is 2. The van der Waals surface area contributed by atoms with Gasteiger partial charge in [0.25, 0.3) is 0 Å². The lowest BCUT2D eigenvalue weighted by atomic mass is 10.3. The Labute approximate surface area is 107 Å². The molecule has 2 heterocycles. The van der Waals surface area contributed by atoms with Crippen molar-refractivity contribution in [2.24, 2.45) is 0 Å². The summed E-state index contributed by atoms with van der Waals surface area (Å²) in [5, 5.41) is 16.0. The van der Waals surface area contributed by atoms with Crippen molar-refractivity contribution in [3.05, 3.63) is 41.0 Å². The number of carboxylic acids is 1. The number of anilines is 1. The Morgan fingerprint density at radius 3 is 2.89 bits per heavy atom. The lowest BCUT2D eigenvalue weighted by molar-refractivity contribution is 0.0698. The van der Waals surface area contributed by atoms with E-state index in [1.807, 2.05) is 6.07 Å². The number of hydrogen-bond donors (Lipinski definition) is 4. The molecule has 2 aromatic rings. The topological polar surface area (TPSA) is 94.2 Å². The number of hydrogen-bond acceptors (Lipinski definition) is 3. The standard InChI is InChI=1S/C11H11N3O3S/c15-10(16)8-2-4-18-9(8)14-11(17)13-6-7-1-3-12-5-7/h1-5,12H,6H2,(H,15,16)(H2,13,14,17). The van der Waals surface area contributed by atoms with E-state index in [2.05, 4.69) is 15.6 Å². The second kappa shape index (κ2) is 5.37. The number of carbonyl (C=O) groups excluding carboxylic acids is 1. The molecule has 0 aliphatic rings. The Kier molecular flexibility index (Phi) is 3.63. The lowest BCUT2D eigenvalue weighted by Gasteiger charge is -2.05. The first-order chi connectivity index (χ1) is 8.66. The highest BCUT2D eigenvalue weighted by molar-refractivity contribution is 7.14. The van der Waals surface area contributed by atoms with Gasteiger partial charge in [-0.25, -0.2) is 9.59 Å². The molecule has 0 saturated heterocycles. The minimum absolute atomic E-state index is 0.0943. The molecule has 0 fully saturated rings. The molecule has 2 aromatic heterocycles. The molecule has 0 saturated carbocycles. The SMILES string of the molecule is O=C(NCc1cc[nH]c1)Nc1sccc1C(=O)O. The molecule has 18 heavy (non-hydrogen) atoms. The van der Waals surface area contributed by atoms with Crippen LogP contribution in [0.3, 0.4) is 0 Å². The second-order valence-corrected chi connectivity index (χ2v) is 4.41. The number of aromatic carboxylic acids is 1. The number of H-pyrrole nitrogens is 1. The maximum absolute atomic E-state index is 11.6. The van der Waals surface area contributed by atoms with Crippen molar-refractivity contribution in [1.82, 2.24) is 10.3 Å². The van der Waals surface area contributed by atoms with E-state index < -0.39 is 12.0 Å². The van der Waals surface area contributed by atoms with Crippen molar-refractivity contribution < 1.29 is 14.7 Å². The molecule has 0 unspecified atom stereocenters. The smallest absolute Gasteiger partial charge is 0.338 e. The fourth-order valence-electron chi connectivity index (χ4n) is 1.37. The van der Waals surface area contributed by atoms with Crippen LogP contribution in [0.15, 0.2) is 29.9 Å². The summed E-state index contributed by atoms with van der Waals surface area (Å²) in [6.07, 6.45) is 3.53. The number of aromatic nitrogens is 1. The predicted molar refractivity (Wildman–Crippen MR) is 67.9 cm³/mol. The number of thiophene rings is 1. The van der Waals surface area contributed by atoms with E-state index in [0.717, 1.165) is 5.56 Å². The van der Waals surface area contributed by atoms with Gasteiger partial charge < -0.3 is 15.4 Å². The van der Waals surface area contributed by atoms with Gasteiger partial charge in [0.1, 0.15) is 5.00 Å². The van der Waals surface area contributed by atoms with E-state index in [1.54, 1.807) is 17.8 Å².